The maximum atomic E-state index is 2.46. The summed E-state index contributed by atoms with van der Waals surface area (Å²) < 4.78 is 0. The van der Waals surface area contributed by atoms with Gasteiger partial charge in [0.15, 0.2) is 0 Å². The smallest absolute Gasteiger partial charge is 0.0441 e. The second-order valence-corrected chi connectivity index (χ2v) is 6.10. The van der Waals surface area contributed by atoms with Crippen LogP contribution in [0.2, 0.25) is 0 Å². The summed E-state index contributed by atoms with van der Waals surface area (Å²) in [4.78, 5) is 2.46. The minimum absolute atomic E-state index is 1.11. The Balaban J connectivity index is 1.76. The fraction of sp³-hybridized carbons (Fsp3) is 0.579. The normalized spacial score (nSPS) is 14.1. The van der Waals surface area contributed by atoms with Crippen molar-refractivity contribution >= 4 is 5.69 Å². The molecule has 1 aliphatic rings. The fourth-order valence-corrected chi connectivity index (χ4v) is 3.05. The molecule has 1 nitrogen and oxygen atoms in total. The van der Waals surface area contributed by atoms with E-state index in [2.05, 4.69) is 49.2 Å². The van der Waals surface area contributed by atoms with Gasteiger partial charge in [0.1, 0.15) is 0 Å². The molecular formula is C19H29N. The van der Waals surface area contributed by atoms with Crippen LogP contribution in [0.5, 0.6) is 0 Å². The van der Waals surface area contributed by atoms with Gasteiger partial charge in [-0.1, -0.05) is 69.2 Å². The molecule has 1 aromatic carbocycles. The molecule has 1 heteroatoms. The van der Waals surface area contributed by atoms with Crippen LogP contribution in [0.3, 0.4) is 0 Å². The summed E-state index contributed by atoms with van der Waals surface area (Å²) >= 11 is 0. The SMILES string of the molecule is CCCCCCCCCN1C=C(C)Cc2ccccc21. The molecule has 0 radical (unpaired) electrons. The van der Waals surface area contributed by atoms with Gasteiger partial charge in [0.2, 0.25) is 0 Å². The monoisotopic (exact) mass is 271 g/mol. The Labute approximate surface area is 124 Å². The highest BCUT2D eigenvalue weighted by atomic mass is 15.1. The number of para-hydroxylation sites is 1. The molecule has 2 rings (SSSR count). The van der Waals surface area contributed by atoms with E-state index in [-0.39, 0.29) is 0 Å². The second-order valence-electron chi connectivity index (χ2n) is 6.10. The average Bonchev–Trinajstić information content (AvgIpc) is 2.46. The summed E-state index contributed by atoms with van der Waals surface area (Å²) in [5.41, 5.74) is 4.38. The van der Waals surface area contributed by atoms with E-state index in [4.69, 9.17) is 0 Å². The van der Waals surface area contributed by atoms with Crippen LogP contribution in [-0.4, -0.2) is 6.54 Å². The molecule has 0 unspecified atom stereocenters. The number of unbranched alkanes of at least 4 members (excludes halogenated alkanes) is 6. The number of rotatable bonds is 8. The molecule has 0 N–H and O–H groups in total. The largest absolute Gasteiger partial charge is 0.348 e. The Morgan fingerprint density at radius 1 is 0.950 bits per heavy atom. The molecular weight excluding hydrogens is 242 g/mol. The quantitative estimate of drug-likeness (QED) is 0.548. The number of anilines is 1. The van der Waals surface area contributed by atoms with E-state index >= 15 is 0 Å². The van der Waals surface area contributed by atoms with Gasteiger partial charge in [-0.05, 0) is 31.4 Å². The third kappa shape index (κ3) is 4.40. The predicted octanol–water partition coefficient (Wildman–Crippen LogP) is 5.70. The fourth-order valence-electron chi connectivity index (χ4n) is 3.05. The van der Waals surface area contributed by atoms with Crippen LogP contribution in [0.1, 0.15) is 64.4 Å². The first kappa shape index (κ1) is 15.2. The Morgan fingerprint density at radius 3 is 2.45 bits per heavy atom. The van der Waals surface area contributed by atoms with Crippen LogP contribution in [-0.2, 0) is 6.42 Å². The summed E-state index contributed by atoms with van der Waals surface area (Å²) in [6.07, 6.45) is 13.1. The number of fused-ring (bicyclic) bond motifs is 1. The highest BCUT2D eigenvalue weighted by Gasteiger charge is 2.14. The summed E-state index contributed by atoms with van der Waals surface area (Å²) in [6, 6.07) is 8.84. The standard InChI is InChI=1S/C19H29N/c1-3-4-5-6-7-8-11-14-20-16-17(2)15-18-12-9-10-13-19(18)20/h9-10,12-13,16H,3-8,11,14-15H2,1-2H3. The highest BCUT2D eigenvalue weighted by molar-refractivity contribution is 5.59. The molecule has 0 saturated heterocycles. The van der Waals surface area contributed by atoms with Gasteiger partial charge in [0.25, 0.3) is 0 Å². The van der Waals surface area contributed by atoms with Crippen LogP contribution in [0.4, 0.5) is 5.69 Å². The van der Waals surface area contributed by atoms with Gasteiger partial charge >= 0.3 is 0 Å². The van der Waals surface area contributed by atoms with Crippen molar-refractivity contribution in [3.8, 4) is 0 Å². The summed E-state index contributed by atoms with van der Waals surface area (Å²) in [7, 11) is 0. The van der Waals surface area contributed by atoms with Crippen molar-refractivity contribution in [3.05, 3.63) is 41.6 Å². The van der Waals surface area contributed by atoms with Crippen LogP contribution in [0, 0.1) is 0 Å². The van der Waals surface area contributed by atoms with Crippen LogP contribution in [0.25, 0.3) is 0 Å². The van der Waals surface area contributed by atoms with Gasteiger partial charge in [0.05, 0.1) is 0 Å². The number of nitrogens with zero attached hydrogens (tertiary/aromatic N) is 1. The van der Waals surface area contributed by atoms with Crippen LogP contribution >= 0.6 is 0 Å². The molecule has 0 aliphatic carbocycles. The Bertz CT molecular complexity index is 433. The molecule has 110 valence electrons. The number of hydrogen-bond acceptors (Lipinski definition) is 1. The lowest BCUT2D eigenvalue weighted by Gasteiger charge is -2.28. The van der Waals surface area contributed by atoms with Crippen molar-refractivity contribution in [3.63, 3.8) is 0 Å². The first-order valence-electron chi connectivity index (χ1n) is 8.33. The van der Waals surface area contributed by atoms with Crippen molar-refractivity contribution in [2.75, 3.05) is 11.4 Å². The molecule has 0 aromatic heterocycles. The molecule has 1 aliphatic heterocycles. The van der Waals surface area contributed by atoms with Crippen molar-refractivity contribution in [2.24, 2.45) is 0 Å². The third-order valence-corrected chi connectivity index (χ3v) is 4.15. The number of benzene rings is 1. The van der Waals surface area contributed by atoms with E-state index < -0.39 is 0 Å². The zero-order chi connectivity index (χ0) is 14.2. The molecule has 0 spiro atoms. The van der Waals surface area contributed by atoms with E-state index in [0.717, 1.165) is 6.42 Å². The summed E-state index contributed by atoms with van der Waals surface area (Å²) in [6.45, 7) is 5.69. The first-order chi connectivity index (χ1) is 9.81. The minimum atomic E-state index is 1.11. The maximum absolute atomic E-state index is 2.46. The Kier molecular flexibility index (Phi) is 6.17. The van der Waals surface area contributed by atoms with Gasteiger partial charge in [-0.2, -0.15) is 0 Å². The predicted molar refractivity (Wildman–Crippen MR) is 89.2 cm³/mol. The van der Waals surface area contributed by atoms with Crippen LogP contribution in [0.15, 0.2) is 36.0 Å². The lowest BCUT2D eigenvalue weighted by molar-refractivity contribution is 0.590. The summed E-state index contributed by atoms with van der Waals surface area (Å²) in [5.74, 6) is 0. The first-order valence-corrected chi connectivity index (χ1v) is 8.33. The lowest BCUT2D eigenvalue weighted by Crippen LogP contribution is -2.22. The van der Waals surface area contributed by atoms with E-state index in [0.29, 0.717) is 0 Å². The van der Waals surface area contributed by atoms with E-state index in [1.807, 2.05) is 0 Å². The zero-order valence-electron chi connectivity index (χ0n) is 13.2. The van der Waals surface area contributed by atoms with Gasteiger partial charge in [-0.3, -0.25) is 0 Å². The molecule has 0 fully saturated rings. The molecule has 0 saturated carbocycles. The highest BCUT2D eigenvalue weighted by Crippen LogP contribution is 2.28. The number of allylic oxidation sites excluding steroid dienone is 1. The molecule has 1 heterocycles. The third-order valence-electron chi connectivity index (χ3n) is 4.15. The van der Waals surface area contributed by atoms with Gasteiger partial charge in [-0.15, -0.1) is 0 Å². The number of hydrogen-bond donors (Lipinski definition) is 0. The van der Waals surface area contributed by atoms with Crippen molar-refractivity contribution < 1.29 is 0 Å². The molecule has 1 aromatic rings. The van der Waals surface area contributed by atoms with Gasteiger partial charge < -0.3 is 4.90 Å². The Morgan fingerprint density at radius 2 is 1.65 bits per heavy atom. The van der Waals surface area contributed by atoms with Crippen molar-refractivity contribution in [2.45, 2.75) is 65.2 Å². The molecule has 0 amide bonds. The second kappa shape index (κ2) is 8.14. The Hall–Kier alpha value is -1.24. The topological polar surface area (TPSA) is 3.24 Å². The minimum Gasteiger partial charge on any atom is -0.348 e. The molecule has 0 bridgehead atoms. The molecule has 20 heavy (non-hydrogen) atoms. The summed E-state index contributed by atoms with van der Waals surface area (Å²) in [5, 5.41) is 0. The van der Waals surface area contributed by atoms with E-state index in [1.54, 1.807) is 0 Å². The lowest BCUT2D eigenvalue weighted by atomic mass is 10.0. The van der Waals surface area contributed by atoms with Crippen LogP contribution < -0.4 is 4.90 Å². The van der Waals surface area contributed by atoms with E-state index in [1.165, 1.54) is 68.3 Å². The van der Waals surface area contributed by atoms with Gasteiger partial charge in [-0.25, -0.2) is 0 Å². The maximum Gasteiger partial charge on any atom is 0.0441 e. The van der Waals surface area contributed by atoms with Crippen molar-refractivity contribution in [1.29, 1.82) is 0 Å². The van der Waals surface area contributed by atoms with E-state index in [9.17, 15) is 0 Å². The van der Waals surface area contributed by atoms with Crippen molar-refractivity contribution in [1.82, 2.24) is 0 Å². The zero-order valence-corrected chi connectivity index (χ0v) is 13.2. The van der Waals surface area contributed by atoms with Gasteiger partial charge in [0, 0.05) is 18.4 Å². The molecule has 0 atom stereocenters. The average molecular weight is 271 g/mol.